The summed E-state index contributed by atoms with van der Waals surface area (Å²) in [6.45, 7) is 1.06. The predicted molar refractivity (Wildman–Crippen MR) is 96.7 cm³/mol. The van der Waals surface area contributed by atoms with E-state index >= 15 is 0 Å². The fourth-order valence-electron chi connectivity index (χ4n) is 2.28. The molecule has 1 amide bonds. The first-order valence-electron chi connectivity index (χ1n) is 7.62. The Hall–Kier alpha value is -2.31. The van der Waals surface area contributed by atoms with Crippen LogP contribution < -0.4 is 20.5 Å². The number of ether oxygens (including phenoxy) is 2. The van der Waals surface area contributed by atoms with Crippen molar-refractivity contribution in [3.8, 4) is 11.5 Å². The molecular formula is C18H22ClFN2O3. The minimum atomic E-state index is -0.545. The van der Waals surface area contributed by atoms with Crippen molar-refractivity contribution < 1.29 is 18.7 Å². The van der Waals surface area contributed by atoms with Gasteiger partial charge in [-0.1, -0.05) is 24.3 Å². The van der Waals surface area contributed by atoms with Crippen LogP contribution in [0, 0.1) is 5.82 Å². The fraction of sp³-hybridized carbons (Fsp3) is 0.278. The Morgan fingerprint density at radius 1 is 1.20 bits per heavy atom. The van der Waals surface area contributed by atoms with Gasteiger partial charge in [0, 0.05) is 12.1 Å². The van der Waals surface area contributed by atoms with Gasteiger partial charge in [-0.05, 0) is 36.7 Å². The second-order valence-corrected chi connectivity index (χ2v) is 5.26. The molecule has 0 aromatic heterocycles. The summed E-state index contributed by atoms with van der Waals surface area (Å²) in [6.07, 6.45) is 0.779. The molecule has 2 rings (SSSR count). The highest BCUT2D eigenvalue weighted by Gasteiger charge is 2.11. The van der Waals surface area contributed by atoms with Crippen molar-refractivity contribution >= 4 is 18.3 Å². The number of para-hydroxylation sites is 1. The maximum atomic E-state index is 12.9. The van der Waals surface area contributed by atoms with Crippen molar-refractivity contribution in [3.63, 3.8) is 0 Å². The smallest absolute Gasteiger partial charge is 0.255 e. The molecule has 0 aliphatic heterocycles. The van der Waals surface area contributed by atoms with Gasteiger partial charge in [0.2, 0.25) is 0 Å². The zero-order valence-electron chi connectivity index (χ0n) is 14.0. The quantitative estimate of drug-likeness (QED) is 0.667. The normalized spacial score (nSPS) is 10.0. The number of rotatable bonds is 9. The summed E-state index contributed by atoms with van der Waals surface area (Å²) in [7, 11) is 1.54. The van der Waals surface area contributed by atoms with Gasteiger partial charge in [-0.15, -0.1) is 12.4 Å². The standard InChI is InChI=1S/C18H21FN2O3.ClH/c1-23-16-4-2-3-14(18(16)24-12-17(20)22)11-21-10-9-13-5-7-15(19)8-6-13;/h2-8,21H,9-12H2,1H3,(H2,20,22);1H. The summed E-state index contributed by atoms with van der Waals surface area (Å²) in [6, 6.07) is 11.9. The lowest BCUT2D eigenvalue weighted by Gasteiger charge is -2.14. The molecule has 136 valence electrons. The lowest BCUT2D eigenvalue weighted by Crippen LogP contribution is -2.22. The summed E-state index contributed by atoms with van der Waals surface area (Å²) < 4.78 is 23.6. The third kappa shape index (κ3) is 6.60. The number of carbonyl (C=O) groups excluding carboxylic acids is 1. The zero-order chi connectivity index (χ0) is 17.4. The highest BCUT2D eigenvalue weighted by molar-refractivity contribution is 5.85. The number of halogens is 2. The number of primary amides is 1. The van der Waals surface area contributed by atoms with Crippen LogP contribution in [0.1, 0.15) is 11.1 Å². The SMILES string of the molecule is COc1cccc(CNCCc2ccc(F)cc2)c1OCC(N)=O.Cl. The number of nitrogens with one attached hydrogen (secondary N) is 1. The Bertz CT molecular complexity index is 681. The van der Waals surface area contributed by atoms with Gasteiger partial charge >= 0.3 is 0 Å². The summed E-state index contributed by atoms with van der Waals surface area (Å²) in [5.74, 6) is 0.276. The van der Waals surface area contributed by atoms with Crippen LogP contribution in [0.5, 0.6) is 11.5 Å². The van der Waals surface area contributed by atoms with E-state index in [2.05, 4.69) is 5.32 Å². The van der Waals surface area contributed by atoms with E-state index in [1.54, 1.807) is 18.2 Å². The lowest BCUT2D eigenvalue weighted by atomic mass is 10.1. The molecule has 0 aliphatic carbocycles. The number of carbonyl (C=O) groups is 1. The van der Waals surface area contributed by atoms with Crippen LogP contribution in [0.2, 0.25) is 0 Å². The molecule has 0 fully saturated rings. The van der Waals surface area contributed by atoms with Crippen molar-refractivity contribution in [2.45, 2.75) is 13.0 Å². The number of hydrogen-bond donors (Lipinski definition) is 2. The summed E-state index contributed by atoms with van der Waals surface area (Å²) in [5.41, 5.74) is 7.06. The predicted octanol–water partition coefficient (Wildman–Crippen LogP) is 2.45. The Morgan fingerprint density at radius 3 is 2.56 bits per heavy atom. The topological polar surface area (TPSA) is 73.6 Å². The van der Waals surface area contributed by atoms with Gasteiger partial charge in [0.25, 0.3) is 5.91 Å². The molecule has 2 aromatic carbocycles. The molecule has 0 bridgehead atoms. The molecule has 0 atom stereocenters. The second-order valence-electron chi connectivity index (χ2n) is 5.26. The van der Waals surface area contributed by atoms with Crippen molar-refractivity contribution in [1.29, 1.82) is 0 Å². The van der Waals surface area contributed by atoms with E-state index in [4.69, 9.17) is 15.2 Å². The van der Waals surface area contributed by atoms with E-state index in [-0.39, 0.29) is 24.8 Å². The minimum Gasteiger partial charge on any atom is -0.493 e. The Morgan fingerprint density at radius 2 is 1.92 bits per heavy atom. The van der Waals surface area contributed by atoms with E-state index in [0.717, 1.165) is 24.1 Å². The molecule has 0 spiro atoms. The molecule has 7 heteroatoms. The molecule has 5 nitrogen and oxygen atoms in total. The molecule has 0 saturated carbocycles. The van der Waals surface area contributed by atoms with Gasteiger partial charge in [0.1, 0.15) is 5.82 Å². The molecule has 0 aliphatic rings. The average Bonchev–Trinajstić information content (AvgIpc) is 2.58. The maximum absolute atomic E-state index is 12.9. The molecule has 0 saturated heterocycles. The summed E-state index contributed by atoms with van der Waals surface area (Å²) in [4.78, 5) is 10.9. The first kappa shape index (κ1) is 20.7. The Balaban J connectivity index is 0.00000312. The van der Waals surface area contributed by atoms with Crippen LogP contribution in [0.15, 0.2) is 42.5 Å². The monoisotopic (exact) mass is 368 g/mol. The van der Waals surface area contributed by atoms with E-state index < -0.39 is 5.91 Å². The van der Waals surface area contributed by atoms with Crippen molar-refractivity contribution in [3.05, 3.63) is 59.4 Å². The van der Waals surface area contributed by atoms with Crippen LogP contribution in [0.25, 0.3) is 0 Å². The highest BCUT2D eigenvalue weighted by Crippen LogP contribution is 2.30. The molecule has 0 radical (unpaired) electrons. The number of benzene rings is 2. The lowest BCUT2D eigenvalue weighted by molar-refractivity contribution is -0.119. The summed E-state index contributed by atoms with van der Waals surface area (Å²) in [5, 5.41) is 3.30. The molecule has 0 unspecified atom stereocenters. The number of nitrogens with two attached hydrogens (primary N) is 1. The Labute approximate surface area is 152 Å². The van der Waals surface area contributed by atoms with Crippen molar-refractivity contribution in [2.24, 2.45) is 5.73 Å². The number of amides is 1. The summed E-state index contributed by atoms with van der Waals surface area (Å²) >= 11 is 0. The van der Waals surface area contributed by atoms with Crippen molar-refractivity contribution in [1.82, 2.24) is 5.32 Å². The van der Waals surface area contributed by atoms with Gasteiger partial charge in [-0.25, -0.2) is 4.39 Å². The third-order valence-corrected chi connectivity index (χ3v) is 3.46. The molecule has 2 aromatic rings. The Kier molecular flexibility index (Phi) is 8.74. The highest BCUT2D eigenvalue weighted by atomic mass is 35.5. The minimum absolute atomic E-state index is 0. The van der Waals surface area contributed by atoms with Crippen LogP contribution in [0.3, 0.4) is 0 Å². The van der Waals surface area contributed by atoms with Crippen LogP contribution in [-0.4, -0.2) is 26.2 Å². The maximum Gasteiger partial charge on any atom is 0.255 e. The van der Waals surface area contributed by atoms with Crippen LogP contribution >= 0.6 is 12.4 Å². The number of hydrogen-bond acceptors (Lipinski definition) is 4. The van der Waals surface area contributed by atoms with Gasteiger partial charge in [0.15, 0.2) is 18.1 Å². The first-order valence-corrected chi connectivity index (χ1v) is 7.62. The van der Waals surface area contributed by atoms with Gasteiger partial charge in [0.05, 0.1) is 7.11 Å². The molecule has 3 N–H and O–H groups in total. The van der Waals surface area contributed by atoms with E-state index in [1.165, 1.54) is 19.2 Å². The first-order chi connectivity index (χ1) is 11.6. The second kappa shape index (κ2) is 10.5. The molecule has 0 heterocycles. The number of methoxy groups -OCH3 is 1. The van der Waals surface area contributed by atoms with E-state index in [1.807, 2.05) is 12.1 Å². The molecular weight excluding hydrogens is 347 g/mol. The van der Waals surface area contributed by atoms with Gasteiger partial charge < -0.3 is 20.5 Å². The van der Waals surface area contributed by atoms with E-state index in [0.29, 0.717) is 18.0 Å². The van der Waals surface area contributed by atoms with Crippen molar-refractivity contribution in [2.75, 3.05) is 20.3 Å². The fourth-order valence-corrected chi connectivity index (χ4v) is 2.28. The van der Waals surface area contributed by atoms with Gasteiger partial charge in [-0.2, -0.15) is 0 Å². The zero-order valence-corrected chi connectivity index (χ0v) is 14.8. The van der Waals surface area contributed by atoms with E-state index in [9.17, 15) is 9.18 Å². The molecule has 25 heavy (non-hydrogen) atoms. The van der Waals surface area contributed by atoms with Crippen LogP contribution in [-0.2, 0) is 17.8 Å². The van der Waals surface area contributed by atoms with Gasteiger partial charge in [-0.3, -0.25) is 4.79 Å². The third-order valence-electron chi connectivity index (χ3n) is 3.46. The average molecular weight is 369 g/mol. The largest absolute Gasteiger partial charge is 0.493 e. The van der Waals surface area contributed by atoms with Crippen LogP contribution in [0.4, 0.5) is 4.39 Å².